The molecule has 8 heteroatoms. The van der Waals surface area contributed by atoms with Gasteiger partial charge in [-0.05, 0) is 213 Å². The molecule has 0 aromatic heterocycles. The topological polar surface area (TPSA) is 105 Å². The molecule has 0 saturated heterocycles. The molecule has 8 rings (SSSR count). The van der Waals surface area contributed by atoms with E-state index in [1.54, 1.807) is 13.8 Å². The molecule has 0 spiro atoms. The van der Waals surface area contributed by atoms with Gasteiger partial charge < -0.3 is 18.9 Å². The second kappa shape index (κ2) is 19.5. The zero-order chi connectivity index (χ0) is 42.9. The van der Waals surface area contributed by atoms with Crippen molar-refractivity contribution in [3.63, 3.8) is 0 Å². The van der Waals surface area contributed by atoms with Gasteiger partial charge in [0.2, 0.25) is 0 Å². The first-order chi connectivity index (χ1) is 28.6. The fourth-order valence-corrected chi connectivity index (χ4v) is 15.3. The van der Waals surface area contributed by atoms with Crippen molar-refractivity contribution in [2.24, 2.45) is 81.8 Å². The van der Waals surface area contributed by atoms with Crippen molar-refractivity contribution in [3.8, 4) is 0 Å². The SMILES string of the molecule is COC1CCC(C(C)(C)C2CCC(OC(=O)C3CC4CC(C(C)=O)C3C4)CC2)CC1.COC1CCC(C(C)(C)C2CCC(OC(=O)C3CC4CC3CC4C(C)=O)CC2)CC1.[HH].[HH].[HH].[HH]. The molecule has 0 N–H and O–H groups in total. The second-order valence-corrected chi connectivity index (χ2v) is 23.0. The summed E-state index contributed by atoms with van der Waals surface area (Å²) in [5, 5.41) is 0. The Bertz CT molecular complexity index is 1490. The maximum absolute atomic E-state index is 12.9. The number of ether oxygens (including phenoxy) is 4. The van der Waals surface area contributed by atoms with Gasteiger partial charge in [0.1, 0.15) is 23.8 Å². The minimum atomic E-state index is -0.0252. The van der Waals surface area contributed by atoms with E-state index in [-0.39, 0.29) is 65.2 Å². The summed E-state index contributed by atoms with van der Waals surface area (Å²) in [5.41, 5.74) is 0.715. The molecule has 8 aliphatic carbocycles. The molecular formula is C52H92O8. The number of fused-ring (bicyclic) bond motifs is 4. The summed E-state index contributed by atoms with van der Waals surface area (Å²) in [7, 11) is 3.69. The highest BCUT2D eigenvalue weighted by molar-refractivity contribution is 5.82. The predicted molar refractivity (Wildman–Crippen MR) is 242 cm³/mol. The zero-order valence-electron chi connectivity index (χ0n) is 39.1. The summed E-state index contributed by atoms with van der Waals surface area (Å²) >= 11 is 0. The van der Waals surface area contributed by atoms with Crippen molar-refractivity contribution in [2.45, 2.75) is 207 Å². The van der Waals surface area contributed by atoms with Crippen LogP contribution in [0.1, 0.15) is 189 Å². The Morgan fingerprint density at radius 3 is 1.12 bits per heavy atom. The molecule has 0 amide bonds. The molecule has 348 valence electrons. The first-order valence-corrected chi connectivity index (χ1v) is 25.1. The Hall–Kier alpha value is -1.80. The molecule has 8 fully saturated rings. The van der Waals surface area contributed by atoms with E-state index >= 15 is 0 Å². The number of ketones is 2. The first-order valence-electron chi connectivity index (χ1n) is 25.1. The van der Waals surface area contributed by atoms with Crippen molar-refractivity contribution in [1.82, 2.24) is 0 Å². The highest BCUT2D eigenvalue weighted by Gasteiger charge is 2.53. The lowest BCUT2D eigenvalue weighted by Gasteiger charge is -2.46. The van der Waals surface area contributed by atoms with Gasteiger partial charge in [-0.25, -0.2) is 0 Å². The van der Waals surface area contributed by atoms with Crippen LogP contribution in [0, 0.1) is 81.8 Å². The molecule has 0 aromatic carbocycles. The lowest BCUT2D eigenvalue weighted by Crippen LogP contribution is -2.40. The quantitative estimate of drug-likeness (QED) is 0.179. The van der Waals surface area contributed by atoms with E-state index < -0.39 is 0 Å². The predicted octanol–water partition coefficient (Wildman–Crippen LogP) is 12.1. The summed E-state index contributed by atoms with van der Waals surface area (Å²) < 4.78 is 23.2. The number of hydrogen-bond acceptors (Lipinski definition) is 8. The summed E-state index contributed by atoms with van der Waals surface area (Å²) in [6.45, 7) is 13.3. The van der Waals surface area contributed by atoms with Crippen LogP contribution in [0.15, 0.2) is 0 Å². The van der Waals surface area contributed by atoms with Crippen molar-refractivity contribution in [3.05, 3.63) is 0 Å². The highest BCUT2D eigenvalue weighted by atomic mass is 16.5. The molecule has 0 aliphatic heterocycles. The van der Waals surface area contributed by atoms with Crippen LogP contribution in [-0.2, 0) is 38.1 Å². The van der Waals surface area contributed by atoms with Crippen molar-refractivity contribution >= 4 is 23.5 Å². The van der Waals surface area contributed by atoms with Crippen LogP contribution >= 0.6 is 0 Å². The normalized spacial score (nSPS) is 41.6. The van der Waals surface area contributed by atoms with E-state index in [0.717, 1.165) is 87.9 Å². The van der Waals surface area contributed by atoms with Crippen LogP contribution in [-0.4, -0.2) is 62.1 Å². The van der Waals surface area contributed by atoms with Gasteiger partial charge in [-0.2, -0.15) is 0 Å². The van der Waals surface area contributed by atoms with Crippen LogP contribution in [0.2, 0.25) is 0 Å². The minimum absolute atomic E-state index is 0. The van der Waals surface area contributed by atoms with E-state index in [9.17, 15) is 19.2 Å². The fourth-order valence-electron chi connectivity index (χ4n) is 15.3. The van der Waals surface area contributed by atoms with E-state index in [2.05, 4.69) is 27.7 Å². The molecule has 8 aliphatic rings. The Kier molecular flexibility index (Phi) is 15.0. The smallest absolute Gasteiger partial charge is 0.309 e. The van der Waals surface area contributed by atoms with Gasteiger partial charge in [0, 0.05) is 31.8 Å². The number of methoxy groups -OCH3 is 2. The average molecular weight is 845 g/mol. The molecule has 60 heavy (non-hydrogen) atoms. The van der Waals surface area contributed by atoms with Crippen LogP contribution in [0.25, 0.3) is 0 Å². The van der Waals surface area contributed by atoms with Gasteiger partial charge in [0.05, 0.1) is 24.0 Å². The summed E-state index contributed by atoms with van der Waals surface area (Å²) in [4.78, 5) is 49.5. The van der Waals surface area contributed by atoms with Crippen molar-refractivity contribution in [1.29, 1.82) is 0 Å². The molecule has 8 atom stereocenters. The lowest BCUT2D eigenvalue weighted by atomic mass is 9.60. The number of rotatable bonds is 12. The fraction of sp³-hybridized carbons (Fsp3) is 0.923. The summed E-state index contributed by atoms with van der Waals surface area (Å²) in [5.74, 6) is 5.58. The van der Waals surface area contributed by atoms with Gasteiger partial charge in [-0.3, -0.25) is 19.2 Å². The zero-order valence-corrected chi connectivity index (χ0v) is 39.1. The molecule has 8 unspecified atom stereocenters. The second-order valence-electron chi connectivity index (χ2n) is 23.0. The third kappa shape index (κ3) is 10.1. The molecular weight excluding hydrogens is 753 g/mol. The van der Waals surface area contributed by atoms with Gasteiger partial charge >= 0.3 is 11.9 Å². The molecule has 0 aromatic rings. The monoisotopic (exact) mass is 845 g/mol. The van der Waals surface area contributed by atoms with Crippen molar-refractivity contribution < 1.29 is 43.8 Å². The molecule has 4 bridgehead atoms. The lowest BCUT2D eigenvalue weighted by molar-refractivity contribution is -0.160. The maximum atomic E-state index is 12.9. The Morgan fingerprint density at radius 2 is 0.767 bits per heavy atom. The van der Waals surface area contributed by atoms with E-state index in [1.165, 1.54) is 77.0 Å². The molecule has 8 saturated carbocycles. The highest BCUT2D eigenvalue weighted by Crippen LogP contribution is 2.55. The van der Waals surface area contributed by atoms with Gasteiger partial charge in [-0.1, -0.05) is 27.7 Å². The van der Waals surface area contributed by atoms with Crippen LogP contribution in [0.5, 0.6) is 0 Å². The number of Topliss-reactive ketones (excluding diaryl/α,β-unsaturated/α-hetero) is 2. The van der Waals surface area contributed by atoms with Gasteiger partial charge in [0.25, 0.3) is 0 Å². The van der Waals surface area contributed by atoms with Crippen LogP contribution in [0.3, 0.4) is 0 Å². The van der Waals surface area contributed by atoms with Gasteiger partial charge in [0.15, 0.2) is 0 Å². The third-order valence-electron chi connectivity index (χ3n) is 19.5. The van der Waals surface area contributed by atoms with E-state index in [4.69, 9.17) is 18.9 Å². The standard InChI is InChI=1S/2C26H42O4.4H2/c1-16(27)23-14-18-13-17(23)15-24(18)25(28)30-22-11-7-20(8-12-22)26(2,3)19-5-9-21(29-4)10-6-19;1-16(27)22-13-17-14-23(22)24(15-17)25(28)30-21-11-7-19(8-12-21)26(2,3)18-5-9-20(29-4)10-6-18;;;;/h2*17-24H,5-15H2,1-4H3;4*1H. The Balaban J connectivity index is 0.000000320. The summed E-state index contributed by atoms with van der Waals surface area (Å²) in [6, 6.07) is 0. The molecule has 0 heterocycles. The summed E-state index contributed by atoms with van der Waals surface area (Å²) in [6.07, 6.45) is 25.6. The van der Waals surface area contributed by atoms with Gasteiger partial charge in [-0.15, -0.1) is 0 Å². The number of hydrogen-bond donors (Lipinski definition) is 0. The minimum Gasteiger partial charge on any atom is -0.462 e. The van der Waals surface area contributed by atoms with E-state index in [1.807, 2.05) is 14.2 Å². The number of esters is 2. The van der Waals surface area contributed by atoms with Crippen LogP contribution in [0.4, 0.5) is 0 Å². The largest absolute Gasteiger partial charge is 0.462 e. The molecule has 8 nitrogen and oxygen atoms in total. The van der Waals surface area contributed by atoms with Crippen molar-refractivity contribution in [2.75, 3.05) is 14.2 Å². The molecule has 0 radical (unpaired) electrons. The number of carbonyl (C=O) groups excluding carboxylic acids is 4. The maximum Gasteiger partial charge on any atom is 0.309 e. The third-order valence-corrected chi connectivity index (χ3v) is 19.5. The Morgan fingerprint density at radius 1 is 0.417 bits per heavy atom. The first kappa shape index (κ1) is 46.2. The average Bonchev–Trinajstić information content (AvgIpc) is 4.07. The Labute approximate surface area is 369 Å². The van der Waals surface area contributed by atoms with Crippen LogP contribution < -0.4 is 0 Å². The number of carbonyl (C=O) groups is 4. The van der Waals surface area contributed by atoms with E-state index in [0.29, 0.717) is 46.6 Å².